The van der Waals surface area contributed by atoms with Gasteiger partial charge in [0.25, 0.3) is 11.8 Å². The predicted molar refractivity (Wildman–Crippen MR) is 176 cm³/mol. The number of hydrogen-bond donors (Lipinski definition) is 1. The zero-order valence-electron chi connectivity index (χ0n) is 28.3. The molecular weight excluding hydrogens is 516 g/mol. The molecule has 2 aromatic carbocycles. The van der Waals surface area contributed by atoms with Crippen molar-refractivity contribution in [2.75, 3.05) is 7.05 Å². The van der Waals surface area contributed by atoms with Crippen molar-refractivity contribution in [3.63, 3.8) is 0 Å². The molecule has 2 aliphatic carbocycles. The lowest BCUT2D eigenvalue weighted by atomic mass is 9.84. The molecule has 0 saturated heterocycles. The summed E-state index contributed by atoms with van der Waals surface area (Å²) in [6.45, 7) is 21.8. The van der Waals surface area contributed by atoms with Gasteiger partial charge in [-0.2, -0.15) is 0 Å². The van der Waals surface area contributed by atoms with E-state index in [0.717, 1.165) is 30.4 Å². The fraction of sp³-hybridized carbons (Fsp3) is 0.632. The third-order valence-electron chi connectivity index (χ3n) is 10.5. The highest BCUT2D eigenvalue weighted by Crippen LogP contribution is 2.49. The number of carbonyl (C=O) groups excluding carboxylic acids is 2. The summed E-state index contributed by atoms with van der Waals surface area (Å²) in [5.74, 6) is 0.799. The van der Waals surface area contributed by atoms with Crippen LogP contribution in [0.2, 0.25) is 0 Å². The van der Waals surface area contributed by atoms with Crippen LogP contribution in [-0.2, 0) is 10.8 Å². The van der Waals surface area contributed by atoms with Gasteiger partial charge in [0, 0.05) is 29.3 Å². The minimum absolute atomic E-state index is 0.00763. The first-order valence-electron chi connectivity index (χ1n) is 16.3. The Bertz CT molecular complexity index is 1320. The molecule has 42 heavy (non-hydrogen) atoms. The summed E-state index contributed by atoms with van der Waals surface area (Å²) in [7, 11) is 1.96. The molecule has 2 aromatic rings. The van der Waals surface area contributed by atoms with Gasteiger partial charge in [0.05, 0.1) is 0 Å². The lowest BCUT2D eigenvalue weighted by molar-refractivity contribution is 0.0604. The van der Waals surface area contributed by atoms with E-state index in [0.29, 0.717) is 5.92 Å². The van der Waals surface area contributed by atoms with Crippen LogP contribution in [0.1, 0.15) is 169 Å². The third-order valence-corrected chi connectivity index (χ3v) is 10.5. The molecule has 4 rings (SSSR count). The van der Waals surface area contributed by atoms with Crippen molar-refractivity contribution in [3.05, 3.63) is 69.8 Å². The van der Waals surface area contributed by atoms with Crippen LogP contribution in [0.15, 0.2) is 36.4 Å². The van der Waals surface area contributed by atoms with E-state index in [9.17, 15) is 9.59 Å². The van der Waals surface area contributed by atoms with Crippen LogP contribution in [-0.4, -0.2) is 34.8 Å². The molecule has 0 aromatic heterocycles. The van der Waals surface area contributed by atoms with Crippen LogP contribution in [0, 0.1) is 0 Å². The van der Waals surface area contributed by atoms with Gasteiger partial charge in [-0.05, 0) is 149 Å². The third kappa shape index (κ3) is 7.29. The van der Waals surface area contributed by atoms with E-state index in [4.69, 9.17) is 0 Å². The minimum atomic E-state index is -0.312. The number of nitrogens with one attached hydrogen (secondary N) is 1. The Balaban J connectivity index is 1.52. The van der Waals surface area contributed by atoms with Crippen molar-refractivity contribution in [3.8, 4) is 0 Å². The quantitative estimate of drug-likeness (QED) is 0.292. The van der Waals surface area contributed by atoms with Crippen molar-refractivity contribution < 1.29 is 9.59 Å². The van der Waals surface area contributed by atoms with Crippen molar-refractivity contribution in [2.45, 2.75) is 148 Å². The zero-order chi connectivity index (χ0) is 31.3. The Labute approximate surface area is 256 Å². The Kier molecular flexibility index (Phi) is 8.82. The molecule has 0 radical (unpaired) electrons. The molecule has 2 amide bonds. The second-order valence-corrected chi connectivity index (χ2v) is 15.9. The van der Waals surface area contributed by atoms with Crippen molar-refractivity contribution in [2.24, 2.45) is 0 Å². The van der Waals surface area contributed by atoms with E-state index in [2.05, 4.69) is 90.2 Å². The maximum absolute atomic E-state index is 13.9. The van der Waals surface area contributed by atoms with Gasteiger partial charge in [-0.3, -0.25) is 9.59 Å². The average Bonchev–Trinajstić information content (AvgIpc) is 3.87. The molecular formula is C38H56N2O2. The van der Waals surface area contributed by atoms with Gasteiger partial charge in [0.1, 0.15) is 0 Å². The van der Waals surface area contributed by atoms with E-state index in [1.165, 1.54) is 47.9 Å². The van der Waals surface area contributed by atoms with Gasteiger partial charge < -0.3 is 10.2 Å². The fourth-order valence-corrected chi connectivity index (χ4v) is 5.80. The first-order valence-corrected chi connectivity index (χ1v) is 16.3. The first-order chi connectivity index (χ1) is 19.4. The maximum atomic E-state index is 13.9. The van der Waals surface area contributed by atoms with Gasteiger partial charge in [-0.25, -0.2) is 0 Å². The van der Waals surface area contributed by atoms with Crippen molar-refractivity contribution in [1.29, 1.82) is 0 Å². The van der Waals surface area contributed by atoms with Crippen molar-refractivity contribution >= 4 is 11.8 Å². The van der Waals surface area contributed by atoms with Crippen LogP contribution in [0.4, 0.5) is 0 Å². The molecule has 2 unspecified atom stereocenters. The Morgan fingerprint density at radius 1 is 0.810 bits per heavy atom. The molecule has 230 valence electrons. The number of amides is 2. The Morgan fingerprint density at radius 2 is 1.29 bits per heavy atom. The molecule has 2 fully saturated rings. The largest absolute Gasteiger partial charge is 0.347 e. The van der Waals surface area contributed by atoms with Crippen LogP contribution in [0.3, 0.4) is 0 Å². The molecule has 2 saturated carbocycles. The molecule has 4 heteroatoms. The van der Waals surface area contributed by atoms with Gasteiger partial charge in [0.15, 0.2) is 0 Å². The number of carbonyl (C=O) groups is 2. The van der Waals surface area contributed by atoms with Gasteiger partial charge in [0.2, 0.25) is 0 Å². The molecule has 1 N–H and O–H groups in total. The minimum Gasteiger partial charge on any atom is -0.347 e. The first kappa shape index (κ1) is 32.3. The topological polar surface area (TPSA) is 49.4 Å². The fourth-order valence-electron chi connectivity index (χ4n) is 5.80. The van der Waals surface area contributed by atoms with E-state index >= 15 is 0 Å². The summed E-state index contributed by atoms with van der Waals surface area (Å²) < 4.78 is 0. The van der Waals surface area contributed by atoms with E-state index in [1.807, 2.05) is 32.7 Å². The van der Waals surface area contributed by atoms with E-state index < -0.39 is 0 Å². The normalized spacial score (nSPS) is 18.6. The molecule has 2 atom stereocenters. The highest BCUT2D eigenvalue weighted by atomic mass is 16.2. The lowest BCUT2D eigenvalue weighted by Gasteiger charge is -2.37. The summed E-state index contributed by atoms with van der Waals surface area (Å²) >= 11 is 0. The molecule has 2 aliphatic rings. The second-order valence-electron chi connectivity index (χ2n) is 15.9. The molecule has 0 aliphatic heterocycles. The summed E-state index contributed by atoms with van der Waals surface area (Å²) in [4.78, 5) is 29.1. The second kappa shape index (κ2) is 11.5. The van der Waals surface area contributed by atoms with Gasteiger partial charge in [-0.1, -0.05) is 46.8 Å². The predicted octanol–water partition coefficient (Wildman–Crippen LogP) is 9.27. The highest BCUT2D eigenvalue weighted by Gasteiger charge is 2.41. The van der Waals surface area contributed by atoms with Crippen LogP contribution in [0.25, 0.3) is 0 Å². The van der Waals surface area contributed by atoms with Gasteiger partial charge in [-0.15, -0.1) is 0 Å². The SMILES string of the molecule is CCC(C)c1cc(C(=O)N(C)C(C)(C)CCC(C)c2cc(C(=O)NC(C)(C)C)cc(C3(C)CC3)c2)cc(C2(C)CC2)c1. The van der Waals surface area contributed by atoms with E-state index in [1.54, 1.807) is 0 Å². The molecule has 0 heterocycles. The summed E-state index contributed by atoms with van der Waals surface area (Å²) in [5, 5.41) is 3.15. The van der Waals surface area contributed by atoms with Crippen LogP contribution < -0.4 is 5.32 Å². The van der Waals surface area contributed by atoms with E-state index in [-0.39, 0.29) is 39.6 Å². The number of rotatable bonds is 11. The number of nitrogens with zero attached hydrogens (tertiary/aromatic N) is 1. The summed E-state index contributed by atoms with van der Waals surface area (Å²) in [6, 6.07) is 13.2. The molecule has 0 spiro atoms. The highest BCUT2D eigenvalue weighted by molar-refractivity contribution is 5.95. The van der Waals surface area contributed by atoms with Crippen molar-refractivity contribution in [1.82, 2.24) is 10.2 Å². The van der Waals surface area contributed by atoms with Crippen LogP contribution >= 0.6 is 0 Å². The molecule has 4 nitrogen and oxygen atoms in total. The van der Waals surface area contributed by atoms with Crippen LogP contribution in [0.5, 0.6) is 0 Å². The number of hydrogen-bond acceptors (Lipinski definition) is 2. The zero-order valence-corrected chi connectivity index (χ0v) is 28.3. The maximum Gasteiger partial charge on any atom is 0.254 e. The average molecular weight is 573 g/mol. The summed E-state index contributed by atoms with van der Waals surface area (Å²) in [5.41, 5.74) is 6.47. The standard InChI is InChI=1S/C38H56N2O2/c1-12-25(2)27-20-30(24-32(21-27)38(10)17-18-38)34(42)40(11)36(7,8)14-13-26(3)28-19-29(33(41)39-35(4,5)6)23-31(22-28)37(9)15-16-37/h19-26H,12-18H2,1-11H3,(H,39,41). The Morgan fingerprint density at radius 3 is 1.76 bits per heavy atom. The Hall–Kier alpha value is -2.62. The van der Waals surface area contributed by atoms with Gasteiger partial charge >= 0.3 is 0 Å². The summed E-state index contributed by atoms with van der Waals surface area (Å²) in [6.07, 6.45) is 7.60. The lowest BCUT2D eigenvalue weighted by Crippen LogP contribution is -2.45. The molecule has 0 bridgehead atoms. The monoisotopic (exact) mass is 572 g/mol. The smallest absolute Gasteiger partial charge is 0.254 e. The number of benzene rings is 2.